The van der Waals surface area contributed by atoms with Crippen molar-refractivity contribution >= 4 is 34.7 Å². The Morgan fingerprint density at radius 1 is 1.29 bits per heavy atom. The zero-order valence-corrected chi connectivity index (χ0v) is 13.7. The van der Waals surface area contributed by atoms with Crippen molar-refractivity contribution in [3.05, 3.63) is 63.2 Å². The number of carbonyl (C=O) groups is 1. The molecule has 0 radical (unpaired) electrons. The minimum Gasteiger partial charge on any atom is -0.494 e. The molecule has 0 spiro atoms. The van der Waals surface area contributed by atoms with Crippen LogP contribution in [0.15, 0.2) is 53.6 Å². The maximum absolute atomic E-state index is 11.9. The quantitative estimate of drug-likeness (QED) is 0.480. The molecule has 4 nitrogen and oxygen atoms in total. The number of nitrogens with one attached hydrogen (secondary N) is 1. The third kappa shape index (κ3) is 4.86. The minimum atomic E-state index is -0.226. The molecule has 0 bridgehead atoms. The standard InChI is InChI=1S/C16H15IN2O2/c1-2-21-15-8-6-12(7-9-15)11-18-19-16(20)13-4-3-5-14(17)10-13/h3-11H,2H2,1H3,(H,19,20). The highest BCUT2D eigenvalue weighted by Crippen LogP contribution is 2.11. The Morgan fingerprint density at radius 3 is 2.71 bits per heavy atom. The summed E-state index contributed by atoms with van der Waals surface area (Å²) >= 11 is 2.17. The summed E-state index contributed by atoms with van der Waals surface area (Å²) in [6.07, 6.45) is 1.60. The van der Waals surface area contributed by atoms with Crippen LogP contribution < -0.4 is 10.2 Å². The smallest absolute Gasteiger partial charge is 0.271 e. The zero-order valence-electron chi connectivity index (χ0n) is 11.5. The molecule has 1 N–H and O–H groups in total. The van der Waals surface area contributed by atoms with Crippen molar-refractivity contribution in [2.24, 2.45) is 5.10 Å². The van der Waals surface area contributed by atoms with Gasteiger partial charge < -0.3 is 4.74 Å². The molecule has 0 unspecified atom stereocenters. The normalized spacial score (nSPS) is 10.6. The fourth-order valence-corrected chi connectivity index (χ4v) is 2.22. The lowest BCUT2D eigenvalue weighted by molar-refractivity contribution is 0.0955. The lowest BCUT2D eigenvalue weighted by atomic mass is 10.2. The summed E-state index contributed by atoms with van der Waals surface area (Å²) in [5, 5.41) is 3.96. The van der Waals surface area contributed by atoms with Crippen molar-refractivity contribution in [3.8, 4) is 5.75 Å². The third-order valence-electron chi connectivity index (χ3n) is 2.66. The summed E-state index contributed by atoms with van der Waals surface area (Å²) in [6.45, 7) is 2.58. The number of ether oxygens (including phenoxy) is 1. The van der Waals surface area contributed by atoms with Gasteiger partial charge in [-0.05, 0) is 77.5 Å². The van der Waals surface area contributed by atoms with E-state index < -0.39 is 0 Å². The summed E-state index contributed by atoms with van der Waals surface area (Å²) in [5.41, 5.74) is 3.99. The predicted octanol–water partition coefficient (Wildman–Crippen LogP) is 3.45. The van der Waals surface area contributed by atoms with Crippen LogP contribution >= 0.6 is 22.6 Å². The molecule has 0 aromatic heterocycles. The lowest BCUT2D eigenvalue weighted by Gasteiger charge is -2.02. The van der Waals surface area contributed by atoms with Gasteiger partial charge in [0.25, 0.3) is 5.91 Å². The van der Waals surface area contributed by atoms with Crippen LogP contribution in [-0.4, -0.2) is 18.7 Å². The predicted molar refractivity (Wildman–Crippen MR) is 91.8 cm³/mol. The van der Waals surface area contributed by atoms with Crippen LogP contribution in [0.5, 0.6) is 5.75 Å². The van der Waals surface area contributed by atoms with E-state index in [1.807, 2.05) is 49.4 Å². The SMILES string of the molecule is CCOc1ccc(C=NNC(=O)c2cccc(I)c2)cc1. The fraction of sp³-hybridized carbons (Fsp3) is 0.125. The second-order valence-electron chi connectivity index (χ2n) is 4.21. The Hall–Kier alpha value is -1.89. The first-order valence-corrected chi connectivity index (χ1v) is 7.58. The molecule has 0 atom stereocenters. The van der Waals surface area contributed by atoms with E-state index in [1.54, 1.807) is 12.3 Å². The van der Waals surface area contributed by atoms with Gasteiger partial charge in [-0.25, -0.2) is 5.43 Å². The number of rotatable bonds is 5. The average molecular weight is 394 g/mol. The maximum Gasteiger partial charge on any atom is 0.271 e. The van der Waals surface area contributed by atoms with Crippen molar-refractivity contribution in [1.29, 1.82) is 0 Å². The topological polar surface area (TPSA) is 50.7 Å². The molecule has 0 fully saturated rings. The number of benzene rings is 2. The molecule has 1 amide bonds. The van der Waals surface area contributed by atoms with Gasteiger partial charge in [-0.1, -0.05) is 6.07 Å². The van der Waals surface area contributed by atoms with Crippen LogP contribution in [0.4, 0.5) is 0 Å². The number of halogens is 1. The fourth-order valence-electron chi connectivity index (χ4n) is 1.68. The maximum atomic E-state index is 11.9. The van der Waals surface area contributed by atoms with Crippen molar-refractivity contribution in [2.45, 2.75) is 6.92 Å². The van der Waals surface area contributed by atoms with Crippen molar-refractivity contribution in [2.75, 3.05) is 6.61 Å². The zero-order chi connectivity index (χ0) is 15.1. The van der Waals surface area contributed by atoms with E-state index in [2.05, 4.69) is 33.1 Å². The average Bonchev–Trinajstić information content (AvgIpc) is 2.49. The van der Waals surface area contributed by atoms with Gasteiger partial charge in [0.15, 0.2) is 0 Å². The number of amides is 1. The minimum absolute atomic E-state index is 0.226. The molecule has 0 saturated carbocycles. The molecule has 5 heteroatoms. The molecule has 0 saturated heterocycles. The van der Waals surface area contributed by atoms with Gasteiger partial charge in [0.2, 0.25) is 0 Å². The number of carbonyl (C=O) groups excluding carboxylic acids is 1. The molecule has 2 aromatic carbocycles. The Kier molecular flexibility index (Phi) is 5.74. The molecular formula is C16H15IN2O2. The van der Waals surface area contributed by atoms with Crippen molar-refractivity contribution in [1.82, 2.24) is 5.43 Å². The molecule has 2 aromatic rings. The van der Waals surface area contributed by atoms with E-state index in [1.165, 1.54) is 0 Å². The number of hydrogen-bond donors (Lipinski definition) is 1. The largest absolute Gasteiger partial charge is 0.494 e. The third-order valence-corrected chi connectivity index (χ3v) is 3.33. The first-order valence-electron chi connectivity index (χ1n) is 6.51. The van der Waals surface area contributed by atoms with Gasteiger partial charge >= 0.3 is 0 Å². The van der Waals surface area contributed by atoms with E-state index in [0.29, 0.717) is 12.2 Å². The molecule has 0 aliphatic rings. The van der Waals surface area contributed by atoms with Gasteiger partial charge in [0.1, 0.15) is 5.75 Å². The van der Waals surface area contributed by atoms with Crippen LogP contribution in [0.1, 0.15) is 22.8 Å². The van der Waals surface area contributed by atoms with Crippen molar-refractivity contribution in [3.63, 3.8) is 0 Å². The monoisotopic (exact) mass is 394 g/mol. The molecule has 0 aliphatic carbocycles. The summed E-state index contributed by atoms with van der Waals surface area (Å²) in [6, 6.07) is 14.8. The Morgan fingerprint density at radius 2 is 2.05 bits per heavy atom. The molecule has 21 heavy (non-hydrogen) atoms. The van der Waals surface area contributed by atoms with E-state index >= 15 is 0 Å². The van der Waals surface area contributed by atoms with Gasteiger partial charge in [0, 0.05) is 9.13 Å². The Bertz CT molecular complexity index is 639. The van der Waals surface area contributed by atoms with Gasteiger partial charge in [-0.2, -0.15) is 5.10 Å². The van der Waals surface area contributed by atoms with Crippen LogP contribution in [-0.2, 0) is 0 Å². The van der Waals surface area contributed by atoms with Crippen LogP contribution in [0, 0.1) is 3.57 Å². The Labute approximate surface area is 137 Å². The van der Waals surface area contributed by atoms with E-state index in [9.17, 15) is 4.79 Å². The van der Waals surface area contributed by atoms with Crippen LogP contribution in [0.3, 0.4) is 0 Å². The van der Waals surface area contributed by atoms with E-state index in [0.717, 1.165) is 14.9 Å². The van der Waals surface area contributed by atoms with Gasteiger partial charge in [-0.3, -0.25) is 4.79 Å². The Balaban J connectivity index is 1.94. The summed E-state index contributed by atoms with van der Waals surface area (Å²) in [7, 11) is 0. The first-order chi connectivity index (χ1) is 10.2. The first kappa shape index (κ1) is 15.5. The molecule has 0 aliphatic heterocycles. The number of hydrazone groups is 1. The highest BCUT2D eigenvalue weighted by atomic mass is 127. The molecule has 0 heterocycles. The summed E-state index contributed by atoms with van der Waals surface area (Å²) < 4.78 is 6.37. The molecule has 108 valence electrons. The van der Waals surface area contributed by atoms with Crippen LogP contribution in [0.25, 0.3) is 0 Å². The van der Waals surface area contributed by atoms with Gasteiger partial charge in [-0.15, -0.1) is 0 Å². The number of hydrogen-bond acceptors (Lipinski definition) is 3. The highest BCUT2D eigenvalue weighted by molar-refractivity contribution is 14.1. The second kappa shape index (κ2) is 7.78. The van der Waals surface area contributed by atoms with Crippen LogP contribution in [0.2, 0.25) is 0 Å². The summed E-state index contributed by atoms with van der Waals surface area (Å²) in [5.74, 6) is 0.591. The molecule has 2 rings (SSSR count). The summed E-state index contributed by atoms with van der Waals surface area (Å²) in [4.78, 5) is 11.9. The van der Waals surface area contributed by atoms with E-state index in [-0.39, 0.29) is 5.91 Å². The molecular weight excluding hydrogens is 379 g/mol. The lowest BCUT2D eigenvalue weighted by Crippen LogP contribution is -2.17. The highest BCUT2D eigenvalue weighted by Gasteiger charge is 2.03. The van der Waals surface area contributed by atoms with Gasteiger partial charge in [0.05, 0.1) is 12.8 Å². The second-order valence-corrected chi connectivity index (χ2v) is 5.46. The number of nitrogens with zero attached hydrogens (tertiary/aromatic N) is 1. The van der Waals surface area contributed by atoms with E-state index in [4.69, 9.17) is 4.74 Å². The van der Waals surface area contributed by atoms with Crippen molar-refractivity contribution < 1.29 is 9.53 Å².